The van der Waals surface area contributed by atoms with Crippen LogP contribution in [0.15, 0.2) is 83.8 Å². The molecule has 0 aromatic heterocycles. The van der Waals surface area contributed by atoms with Gasteiger partial charge in [0.15, 0.2) is 0 Å². The number of carbonyl (C=O) groups is 1. The molecule has 0 saturated heterocycles. The van der Waals surface area contributed by atoms with Gasteiger partial charge in [-0.05, 0) is 48.5 Å². The summed E-state index contributed by atoms with van der Waals surface area (Å²) in [4.78, 5) is 14.1. The van der Waals surface area contributed by atoms with E-state index in [1.54, 1.807) is 19.2 Å². The Morgan fingerprint density at radius 2 is 1.54 bits per heavy atom. The average molecular weight is 391 g/mol. The van der Waals surface area contributed by atoms with Gasteiger partial charge >= 0.3 is 0 Å². The Morgan fingerprint density at radius 1 is 0.929 bits per heavy atom. The van der Waals surface area contributed by atoms with E-state index in [2.05, 4.69) is 4.72 Å². The number of nitrogens with zero attached hydrogens (tertiary/aromatic N) is 2. The monoisotopic (exact) mass is 391 g/mol. The molecule has 3 aromatic carbocycles. The smallest absolute Gasteiger partial charge is 0.261 e. The standard InChI is InChI=1S/C21H17N3O3S/c1-24(18-8-3-2-4-9-18)21(25)16-11-13-19(14-12-16)28(26,27)23-20-10-6-5-7-17(20)15-22/h2-14,23H,1H3. The summed E-state index contributed by atoms with van der Waals surface area (Å²) >= 11 is 0. The topological polar surface area (TPSA) is 90.3 Å². The molecule has 0 aliphatic carbocycles. The Bertz CT molecular complexity index is 1140. The van der Waals surface area contributed by atoms with E-state index in [4.69, 9.17) is 5.26 Å². The van der Waals surface area contributed by atoms with Gasteiger partial charge in [-0.1, -0.05) is 30.3 Å². The summed E-state index contributed by atoms with van der Waals surface area (Å²) in [5.41, 5.74) is 1.53. The summed E-state index contributed by atoms with van der Waals surface area (Å²) < 4.78 is 27.6. The maximum atomic E-state index is 12.6. The van der Waals surface area contributed by atoms with Crippen LogP contribution in [0, 0.1) is 11.3 Å². The van der Waals surface area contributed by atoms with Crippen LogP contribution in [0.1, 0.15) is 15.9 Å². The maximum Gasteiger partial charge on any atom is 0.261 e. The van der Waals surface area contributed by atoms with Gasteiger partial charge in [-0.25, -0.2) is 8.42 Å². The zero-order valence-electron chi connectivity index (χ0n) is 15.0. The van der Waals surface area contributed by atoms with Crippen LogP contribution >= 0.6 is 0 Å². The minimum Gasteiger partial charge on any atom is -0.311 e. The van der Waals surface area contributed by atoms with E-state index in [9.17, 15) is 13.2 Å². The third-order valence-electron chi connectivity index (χ3n) is 4.15. The van der Waals surface area contributed by atoms with E-state index < -0.39 is 10.0 Å². The van der Waals surface area contributed by atoms with E-state index in [0.717, 1.165) is 5.69 Å². The zero-order chi connectivity index (χ0) is 20.1. The summed E-state index contributed by atoms with van der Waals surface area (Å²) in [5.74, 6) is -0.252. The molecule has 0 fully saturated rings. The summed E-state index contributed by atoms with van der Waals surface area (Å²) in [5, 5.41) is 9.10. The van der Waals surface area contributed by atoms with Gasteiger partial charge in [-0.15, -0.1) is 0 Å². The fourth-order valence-electron chi connectivity index (χ4n) is 2.61. The summed E-state index contributed by atoms with van der Waals surface area (Å²) in [7, 11) is -2.23. The number of nitriles is 1. The molecular weight excluding hydrogens is 374 g/mol. The number of benzene rings is 3. The molecule has 0 saturated carbocycles. The third kappa shape index (κ3) is 4.03. The van der Waals surface area contributed by atoms with Crippen molar-refractivity contribution >= 4 is 27.3 Å². The molecule has 3 rings (SSSR count). The first-order chi connectivity index (χ1) is 13.4. The highest BCUT2D eigenvalue weighted by atomic mass is 32.2. The number of hydrogen-bond acceptors (Lipinski definition) is 4. The van der Waals surface area contributed by atoms with Gasteiger partial charge in [-0.3, -0.25) is 9.52 Å². The number of anilines is 2. The first kappa shape index (κ1) is 19.1. The molecule has 1 amide bonds. The molecule has 0 aliphatic rings. The van der Waals surface area contributed by atoms with E-state index in [0.29, 0.717) is 5.56 Å². The molecule has 140 valence electrons. The molecule has 0 atom stereocenters. The van der Waals surface area contributed by atoms with Crippen molar-refractivity contribution in [2.24, 2.45) is 0 Å². The highest BCUT2D eigenvalue weighted by Crippen LogP contribution is 2.21. The Morgan fingerprint density at radius 3 is 2.18 bits per heavy atom. The summed E-state index contributed by atoms with van der Waals surface area (Å²) in [6, 6.07) is 23.1. The second kappa shape index (κ2) is 7.94. The maximum absolute atomic E-state index is 12.6. The normalized spacial score (nSPS) is 10.7. The van der Waals surface area contributed by atoms with E-state index in [1.807, 2.05) is 36.4 Å². The Hall–Kier alpha value is -3.63. The minimum atomic E-state index is -3.89. The van der Waals surface area contributed by atoms with Crippen molar-refractivity contribution in [1.29, 1.82) is 5.26 Å². The third-order valence-corrected chi connectivity index (χ3v) is 5.53. The van der Waals surface area contributed by atoms with Crippen LogP contribution in [-0.2, 0) is 10.0 Å². The van der Waals surface area contributed by atoms with E-state index >= 15 is 0 Å². The molecule has 0 spiro atoms. The van der Waals surface area contributed by atoms with Gasteiger partial charge in [0.05, 0.1) is 16.1 Å². The number of sulfonamides is 1. The fraction of sp³-hybridized carbons (Fsp3) is 0.0476. The second-order valence-electron chi connectivity index (χ2n) is 5.99. The van der Waals surface area contributed by atoms with Crippen molar-refractivity contribution in [3.8, 4) is 6.07 Å². The first-order valence-corrected chi connectivity index (χ1v) is 9.86. The lowest BCUT2D eigenvalue weighted by molar-refractivity contribution is 0.0993. The summed E-state index contributed by atoms with van der Waals surface area (Å²) in [6.45, 7) is 0. The molecule has 0 heterocycles. The highest BCUT2D eigenvalue weighted by Gasteiger charge is 2.18. The molecule has 0 aliphatic heterocycles. The Balaban J connectivity index is 1.82. The lowest BCUT2D eigenvalue weighted by atomic mass is 10.2. The van der Waals surface area contributed by atoms with Crippen LogP contribution < -0.4 is 9.62 Å². The predicted octanol–water partition coefficient (Wildman–Crippen LogP) is 3.64. The summed E-state index contributed by atoms with van der Waals surface area (Å²) in [6.07, 6.45) is 0. The van der Waals surface area contributed by atoms with Crippen molar-refractivity contribution in [3.63, 3.8) is 0 Å². The van der Waals surface area contributed by atoms with Gasteiger partial charge < -0.3 is 4.90 Å². The quantitative estimate of drug-likeness (QED) is 0.719. The van der Waals surface area contributed by atoms with Gasteiger partial charge in [-0.2, -0.15) is 5.26 Å². The van der Waals surface area contributed by atoms with Crippen LogP contribution in [0.5, 0.6) is 0 Å². The van der Waals surface area contributed by atoms with Crippen LogP contribution in [0.25, 0.3) is 0 Å². The molecular formula is C21H17N3O3S. The van der Waals surface area contributed by atoms with Gasteiger partial charge in [0.2, 0.25) is 0 Å². The SMILES string of the molecule is CN(C(=O)c1ccc(S(=O)(=O)Nc2ccccc2C#N)cc1)c1ccccc1. The van der Waals surface area contributed by atoms with Crippen LogP contribution in [0.4, 0.5) is 11.4 Å². The fourth-order valence-corrected chi connectivity index (χ4v) is 3.69. The van der Waals surface area contributed by atoms with Gasteiger partial charge in [0.1, 0.15) is 6.07 Å². The molecule has 1 N–H and O–H groups in total. The highest BCUT2D eigenvalue weighted by molar-refractivity contribution is 7.92. The minimum absolute atomic E-state index is 0.000781. The van der Waals surface area contributed by atoms with Crippen LogP contribution in [0.2, 0.25) is 0 Å². The Labute approximate surface area is 163 Å². The lowest BCUT2D eigenvalue weighted by Crippen LogP contribution is -2.26. The number of rotatable bonds is 5. The van der Waals surface area contributed by atoms with E-state index in [-0.39, 0.29) is 22.1 Å². The molecule has 0 unspecified atom stereocenters. The average Bonchev–Trinajstić information content (AvgIpc) is 2.73. The van der Waals surface area contributed by atoms with Crippen molar-refractivity contribution < 1.29 is 13.2 Å². The molecule has 0 bridgehead atoms. The number of amides is 1. The van der Waals surface area contributed by atoms with Crippen molar-refractivity contribution in [2.75, 3.05) is 16.7 Å². The second-order valence-corrected chi connectivity index (χ2v) is 7.67. The van der Waals surface area contributed by atoms with Gasteiger partial charge in [0, 0.05) is 18.3 Å². The van der Waals surface area contributed by atoms with Crippen molar-refractivity contribution in [1.82, 2.24) is 0 Å². The van der Waals surface area contributed by atoms with E-state index in [1.165, 1.54) is 41.3 Å². The predicted molar refractivity (Wildman–Crippen MR) is 108 cm³/mol. The van der Waals surface area contributed by atoms with Gasteiger partial charge in [0.25, 0.3) is 15.9 Å². The number of nitrogens with one attached hydrogen (secondary N) is 1. The Kier molecular flexibility index (Phi) is 5.43. The molecule has 28 heavy (non-hydrogen) atoms. The van der Waals surface area contributed by atoms with Crippen molar-refractivity contribution in [2.45, 2.75) is 4.90 Å². The largest absolute Gasteiger partial charge is 0.311 e. The number of hydrogen-bond donors (Lipinski definition) is 1. The zero-order valence-corrected chi connectivity index (χ0v) is 15.8. The molecule has 6 nitrogen and oxygen atoms in total. The van der Waals surface area contributed by atoms with Crippen LogP contribution in [0.3, 0.4) is 0 Å². The molecule has 3 aromatic rings. The van der Waals surface area contributed by atoms with Crippen molar-refractivity contribution in [3.05, 3.63) is 90.0 Å². The number of carbonyl (C=O) groups excluding carboxylic acids is 1. The van der Waals surface area contributed by atoms with Crippen LogP contribution in [-0.4, -0.2) is 21.4 Å². The number of para-hydroxylation sites is 2. The first-order valence-electron chi connectivity index (χ1n) is 8.37. The lowest BCUT2D eigenvalue weighted by Gasteiger charge is -2.17. The molecule has 0 radical (unpaired) electrons. The molecule has 7 heteroatoms.